The summed E-state index contributed by atoms with van der Waals surface area (Å²) >= 11 is 0. The van der Waals surface area contributed by atoms with Crippen LogP contribution in [-0.2, 0) is 9.53 Å². The molecule has 0 aromatic heterocycles. The Hall–Kier alpha value is -2.35. The van der Waals surface area contributed by atoms with Crippen molar-refractivity contribution in [2.24, 2.45) is 0 Å². The van der Waals surface area contributed by atoms with Gasteiger partial charge < -0.3 is 4.74 Å². The lowest BCUT2D eigenvalue weighted by Crippen LogP contribution is -2.14. The van der Waals surface area contributed by atoms with Gasteiger partial charge in [0.05, 0.1) is 6.42 Å². The number of hydrogen-bond donors (Lipinski definition) is 0. The first kappa shape index (κ1) is 11.7. The van der Waals surface area contributed by atoms with E-state index in [9.17, 15) is 4.79 Å². The molecule has 94 valence electrons. The molecule has 1 aliphatic heterocycles. The maximum Gasteiger partial charge on any atom is 0.312 e. The number of benzene rings is 2. The zero-order valence-electron chi connectivity index (χ0n) is 10.5. The Bertz CT molecular complexity index is 600. The smallest absolute Gasteiger partial charge is 0.312 e. The Kier molecular flexibility index (Phi) is 3.15. The first-order valence-electron chi connectivity index (χ1n) is 6.36. The lowest BCUT2D eigenvalue weighted by Gasteiger charge is -2.21. The quantitative estimate of drug-likeness (QED) is 0.759. The van der Waals surface area contributed by atoms with Crippen LogP contribution in [0, 0.1) is 0 Å². The van der Waals surface area contributed by atoms with Gasteiger partial charge in [0.1, 0.15) is 5.76 Å². The third kappa shape index (κ3) is 2.58. The Labute approximate surface area is 112 Å². The van der Waals surface area contributed by atoms with Gasteiger partial charge in [-0.1, -0.05) is 60.7 Å². The Balaban J connectivity index is 1.97. The van der Waals surface area contributed by atoms with Gasteiger partial charge in [0.25, 0.3) is 0 Å². The summed E-state index contributed by atoms with van der Waals surface area (Å²) in [5.41, 5.74) is 2.09. The van der Waals surface area contributed by atoms with E-state index in [1.54, 1.807) is 0 Å². The highest BCUT2D eigenvalue weighted by Crippen LogP contribution is 2.31. The number of esters is 1. The standard InChI is InChI=1S/C17H14O2/c18-17-12-15(13-7-3-1-4-8-13)11-16(19-17)14-9-5-2-6-10-14/h1-11,15H,12H2. The van der Waals surface area contributed by atoms with Crippen LogP contribution in [0.4, 0.5) is 0 Å². The topological polar surface area (TPSA) is 26.3 Å². The molecule has 0 N–H and O–H groups in total. The molecule has 0 aliphatic carbocycles. The van der Waals surface area contributed by atoms with Crippen LogP contribution in [0.25, 0.3) is 5.76 Å². The van der Waals surface area contributed by atoms with E-state index in [0.29, 0.717) is 12.2 Å². The van der Waals surface area contributed by atoms with E-state index in [2.05, 4.69) is 0 Å². The number of allylic oxidation sites excluding steroid dienone is 1. The van der Waals surface area contributed by atoms with E-state index in [-0.39, 0.29) is 11.9 Å². The van der Waals surface area contributed by atoms with Crippen molar-refractivity contribution < 1.29 is 9.53 Å². The molecular weight excluding hydrogens is 236 g/mol. The van der Waals surface area contributed by atoms with Gasteiger partial charge in [-0.25, -0.2) is 0 Å². The second kappa shape index (κ2) is 5.11. The van der Waals surface area contributed by atoms with Crippen molar-refractivity contribution in [3.63, 3.8) is 0 Å². The first-order valence-corrected chi connectivity index (χ1v) is 6.36. The van der Waals surface area contributed by atoms with Crippen LogP contribution in [0.5, 0.6) is 0 Å². The number of carbonyl (C=O) groups is 1. The van der Waals surface area contributed by atoms with Gasteiger partial charge in [-0.3, -0.25) is 4.79 Å². The van der Waals surface area contributed by atoms with Gasteiger partial charge in [-0.05, 0) is 11.6 Å². The highest BCUT2D eigenvalue weighted by molar-refractivity contribution is 5.82. The summed E-state index contributed by atoms with van der Waals surface area (Å²) in [6.07, 6.45) is 2.44. The molecule has 0 bridgehead atoms. The fourth-order valence-electron chi connectivity index (χ4n) is 2.29. The molecule has 0 amide bonds. The van der Waals surface area contributed by atoms with E-state index in [1.165, 1.54) is 0 Å². The molecule has 1 aliphatic rings. The second-order valence-corrected chi connectivity index (χ2v) is 4.59. The van der Waals surface area contributed by atoms with Gasteiger partial charge >= 0.3 is 5.97 Å². The molecule has 0 radical (unpaired) electrons. The average molecular weight is 250 g/mol. The zero-order valence-corrected chi connectivity index (χ0v) is 10.5. The van der Waals surface area contributed by atoms with Crippen LogP contribution in [0.1, 0.15) is 23.5 Å². The fourth-order valence-corrected chi connectivity index (χ4v) is 2.29. The van der Waals surface area contributed by atoms with Gasteiger partial charge in [0, 0.05) is 11.5 Å². The third-order valence-corrected chi connectivity index (χ3v) is 3.25. The van der Waals surface area contributed by atoms with Crippen LogP contribution in [-0.4, -0.2) is 5.97 Å². The van der Waals surface area contributed by atoms with Crippen LogP contribution in [0.15, 0.2) is 66.7 Å². The molecule has 2 aromatic carbocycles. The summed E-state index contributed by atoms with van der Waals surface area (Å²) in [5, 5.41) is 0. The van der Waals surface area contributed by atoms with Crippen molar-refractivity contribution in [2.45, 2.75) is 12.3 Å². The van der Waals surface area contributed by atoms with Crippen LogP contribution < -0.4 is 0 Å². The van der Waals surface area contributed by atoms with Crippen molar-refractivity contribution in [1.29, 1.82) is 0 Å². The number of carbonyl (C=O) groups excluding carboxylic acids is 1. The van der Waals surface area contributed by atoms with E-state index in [1.807, 2.05) is 66.7 Å². The third-order valence-electron chi connectivity index (χ3n) is 3.25. The molecule has 0 fully saturated rings. The number of ether oxygens (including phenoxy) is 1. The highest BCUT2D eigenvalue weighted by atomic mass is 16.5. The molecular formula is C17H14O2. The minimum atomic E-state index is -0.171. The molecule has 0 saturated heterocycles. The molecule has 2 nitrogen and oxygen atoms in total. The summed E-state index contributed by atoms with van der Waals surface area (Å²) in [5.74, 6) is 0.582. The van der Waals surface area contributed by atoms with Crippen LogP contribution >= 0.6 is 0 Å². The van der Waals surface area contributed by atoms with E-state index >= 15 is 0 Å². The summed E-state index contributed by atoms with van der Waals surface area (Å²) in [6.45, 7) is 0. The molecule has 2 heteroatoms. The van der Waals surface area contributed by atoms with Gasteiger partial charge in [-0.2, -0.15) is 0 Å². The lowest BCUT2D eigenvalue weighted by atomic mass is 9.92. The molecule has 19 heavy (non-hydrogen) atoms. The minimum Gasteiger partial charge on any atom is -0.426 e. The molecule has 1 unspecified atom stereocenters. The van der Waals surface area contributed by atoms with Gasteiger partial charge in [0.15, 0.2) is 0 Å². The van der Waals surface area contributed by atoms with Crippen molar-refractivity contribution in [1.82, 2.24) is 0 Å². The second-order valence-electron chi connectivity index (χ2n) is 4.59. The van der Waals surface area contributed by atoms with E-state index in [0.717, 1.165) is 11.1 Å². The fraction of sp³-hybridized carbons (Fsp3) is 0.118. The summed E-state index contributed by atoms with van der Waals surface area (Å²) in [7, 11) is 0. The van der Waals surface area contributed by atoms with Crippen LogP contribution in [0.2, 0.25) is 0 Å². The van der Waals surface area contributed by atoms with Gasteiger partial charge in [-0.15, -0.1) is 0 Å². The largest absolute Gasteiger partial charge is 0.426 e. The van der Waals surface area contributed by atoms with Crippen molar-refractivity contribution >= 4 is 11.7 Å². The molecule has 1 atom stereocenters. The Morgan fingerprint density at radius 2 is 1.53 bits per heavy atom. The van der Waals surface area contributed by atoms with Gasteiger partial charge in [0.2, 0.25) is 0 Å². The number of rotatable bonds is 2. The van der Waals surface area contributed by atoms with Crippen molar-refractivity contribution in [2.75, 3.05) is 0 Å². The highest BCUT2D eigenvalue weighted by Gasteiger charge is 2.23. The normalized spacial score (nSPS) is 18.6. The molecule has 0 saturated carbocycles. The number of cyclic esters (lactones) is 1. The molecule has 0 spiro atoms. The zero-order chi connectivity index (χ0) is 13.1. The van der Waals surface area contributed by atoms with E-state index < -0.39 is 0 Å². The Morgan fingerprint density at radius 1 is 0.895 bits per heavy atom. The maximum atomic E-state index is 11.8. The predicted octanol–water partition coefficient (Wildman–Crippen LogP) is 3.76. The molecule has 2 aromatic rings. The Morgan fingerprint density at radius 3 is 2.21 bits per heavy atom. The summed E-state index contributed by atoms with van der Waals surface area (Å²) < 4.78 is 5.35. The average Bonchev–Trinajstić information content (AvgIpc) is 2.48. The minimum absolute atomic E-state index is 0.0951. The number of hydrogen-bond acceptors (Lipinski definition) is 2. The predicted molar refractivity (Wildman–Crippen MR) is 74.3 cm³/mol. The molecule has 3 rings (SSSR count). The lowest BCUT2D eigenvalue weighted by molar-refractivity contribution is -0.137. The molecule has 1 heterocycles. The van der Waals surface area contributed by atoms with Crippen molar-refractivity contribution in [3.8, 4) is 0 Å². The summed E-state index contributed by atoms with van der Waals surface area (Å²) in [6, 6.07) is 19.8. The first-order chi connectivity index (χ1) is 9.33. The monoisotopic (exact) mass is 250 g/mol. The van der Waals surface area contributed by atoms with E-state index in [4.69, 9.17) is 4.74 Å². The van der Waals surface area contributed by atoms with Crippen LogP contribution in [0.3, 0.4) is 0 Å². The SMILES string of the molecule is O=C1CC(c2ccccc2)C=C(c2ccccc2)O1. The maximum absolute atomic E-state index is 11.8. The van der Waals surface area contributed by atoms with Crippen molar-refractivity contribution in [3.05, 3.63) is 77.9 Å². The summed E-state index contributed by atoms with van der Waals surface area (Å²) in [4.78, 5) is 11.8.